The molecule has 0 aromatic heterocycles. The van der Waals surface area contributed by atoms with Crippen molar-refractivity contribution < 1.29 is 28.9 Å². The largest absolute Gasteiger partial charge is 0.507 e. The Labute approximate surface area is 188 Å². The van der Waals surface area contributed by atoms with E-state index in [-0.39, 0.29) is 17.4 Å². The fraction of sp³-hybridized carbons (Fsp3) is 0.360. The van der Waals surface area contributed by atoms with E-state index in [2.05, 4.69) is 0 Å². The van der Waals surface area contributed by atoms with Gasteiger partial charge in [-0.1, -0.05) is 30.3 Å². The molecule has 0 aliphatic carbocycles. The third-order valence-corrected chi connectivity index (χ3v) is 5.32. The van der Waals surface area contributed by atoms with Gasteiger partial charge in [0.05, 0.1) is 31.9 Å². The monoisotopic (exact) mass is 439 g/mol. The molecule has 7 nitrogen and oxygen atoms in total. The zero-order valence-corrected chi connectivity index (χ0v) is 18.8. The summed E-state index contributed by atoms with van der Waals surface area (Å²) < 4.78 is 16.4. The second-order valence-electron chi connectivity index (χ2n) is 7.74. The molecular weight excluding hydrogens is 410 g/mol. The summed E-state index contributed by atoms with van der Waals surface area (Å²) in [5.74, 6) is -0.559. The fourth-order valence-corrected chi connectivity index (χ4v) is 3.78. The molecule has 3 rings (SSSR count). The number of rotatable bonds is 9. The van der Waals surface area contributed by atoms with Gasteiger partial charge in [0.2, 0.25) is 0 Å². The molecule has 170 valence electrons. The van der Waals surface area contributed by atoms with Crippen LogP contribution in [0.2, 0.25) is 0 Å². The first kappa shape index (κ1) is 23.3. The van der Waals surface area contributed by atoms with Crippen LogP contribution in [-0.4, -0.2) is 55.2 Å². The van der Waals surface area contributed by atoms with Gasteiger partial charge in [-0.15, -0.1) is 0 Å². The number of ketones is 1. The Morgan fingerprint density at radius 1 is 1.06 bits per heavy atom. The summed E-state index contributed by atoms with van der Waals surface area (Å²) in [6, 6.07) is 13.1. The van der Waals surface area contributed by atoms with Crippen molar-refractivity contribution in [2.75, 3.05) is 27.4 Å². The van der Waals surface area contributed by atoms with E-state index in [4.69, 9.17) is 14.2 Å². The summed E-state index contributed by atoms with van der Waals surface area (Å²) in [5, 5.41) is 11.1. The third-order valence-electron chi connectivity index (χ3n) is 5.32. The van der Waals surface area contributed by atoms with E-state index in [1.807, 2.05) is 19.9 Å². The molecule has 2 aromatic carbocycles. The molecule has 7 heteroatoms. The number of Topliss-reactive ketones (excluding diaryl/α,β-unsaturated/α-hetero) is 1. The number of hydrogen-bond acceptors (Lipinski definition) is 6. The first-order chi connectivity index (χ1) is 15.4. The number of nitrogens with zero attached hydrogens (tertiary/aromatic N) is 1. The highest BCUT2D eigenvalue weighted by Gasteiger charge is 2.46. The highest BCUT2D eigenvalue weighted by Crippen LogP contribution is 2.43. The fourth-order valence-electron chi connectivity index (χ4n) is 3.78. The predicted octanol–water partition coefficient (Wildman–Crippen LogP) is 3.94. The van der Waals surface area contributed by atoms with E-state index in [0.717, 1.165) is 0 Å². The van der Waals surface area contributed by atoms with Crippen molar-refractivity contribution in [3.8, 4) is 11.5 Å². The third kappa shape index (κ3) is 4.78. The maximum atomic E-state index is 13.1. The molecule has 2 aromatic rings. The van der Waals surface area contributed by atoms with Crippen molar-refractivity contribution in [2.24, 2.45) is 0 Å². The Morgan fingerprint density at radius 2 is 1.78 bits per heavy atom. The second kappa shape index (κ2) is 10.3. The van der Waals surface area contributed by atoms with Gasteiger partial charge >= 0.3 is 0 Å². The number of carbonyl (C=O) groups excluding carboxylic acids is 2. The number of likely N-dealkylation sites (tertiary alicyclic amines) is 1. The Balaban J connectivity index is 2.10. The quantitative estimate of drug-likeness (QED) is 0.276. The molecule has 1 aliphatic rings. The first-order valence-corrected chi connectivity index (χ1v) is 10.6. The smallest absolute Gasteiger partial charge is 0.295 e. The summed E-state index contributed by atoms with van der Waals surface area (Å²) in [5.41, 5.74) is 1.09. The minimum atomic E-state index is -0.796. The van der Waals surface area contributed by atoms with Gasteiger partial charge in [0.25, 0.3) is 11.7 Å². The maximum absolute atomic E-state index is 13.1. The zero-order chi connectivity index (χ0) is 23.3. The van der Waals surface area contributed by atoms with Crippen LogP contribution < -0.4 is 9.47 Å². The number of benzene rings is 2. The standard InChI is InChI=1S/C25H29NO6/c1-16(2)32-14-8-13-26-22(19-12-11-18(30-3)15-20(19)31-4)21(24(28)25(26)29)23(27)17-9-6-5-7-10-17/h5-7,9-12,15-16,22,27H,8,13-14H2,1-4H3/t22-/m0/s1. The van der Waals surface area contributed by atoms with Gasteiger partial charge in [-0.2, -0.15) is 0 Å². The molecule has 1 aliphatic heterocycles. The summed E-state index contributed by atoms with van der Waals surface area (Å²) in [6.45, 7) is 4.62. The molecule has 1 heterocycles. The summed E-state index contributed by atoms with van der Waals surface area (Å²) in [6.07, 6.45) is 0.618. The van der Waals surface area contributed by atoms with Crippen LogP contribution in [0.25, 0.3) is 5.76 Å². The van der Waals surface area contributed by atoms with Crippen LogP contribution in [0, 0.1) is 0 Å². The lowest BCUT2D eigenvalue weighted by atomic mass is 9.94. The van der Waals surface area contributed by atoms with Gasteiger partial charge in [-0.05, 0) is 32.4 Å². The lowest BCUT2D eigenvalue weighted by Crippen LogP contribution is -2.31. The van der Waals surface area contributed by atoms with Crippen LogP contribution in [0.4, 0.5) is 0 Å². The minimum Gasteiger partial charge on any atom is -0.507 e. The van der Waals surface area contributed by atoms with E-state index >= 15 is 0 Å². The van der Waals surface area contributed by atoms with Crippen molar-refractivity contribution >= 4 is 17.4 Å². The van der Waals surface area contributed by atoms with Gasteiger partial charge in [0.1, 0.15) is 17.3 Å². The number of carbonyl (C=O) groups is 2. The Morgan fingerprint density at radius 3 is 2.41 bits per heavy atom. The molecule has 0 saturated carbocycles. The van der Waals surface area contributed by atoms with Crippen molar-refractivity contribution in [2.45, 2.75) is 32.4 Å². The van der Waals surface area contributed by atoms with Crippen molar-refractivity contribution in [1.29, 1.82) is 0 Å². The van der Waals surface area contributed by atoms with Crippen LogP contribution in [0.1, 0.15) is 37.4 Å². The van der Waals surface area contributed by atoms with Gasteiger partial charge in [0, 0.05) is 30.3 Å². The van der Waals surface area contributed by atoms with Crippen molar-refractivity contribution in [3.63, 3.8) is 0 Å². The maximum Gasteiger partial charge on any atom is 0.295 e. The molecule has 1 N–H and O–H groups in total. The van der Waals surface area contributed by atoms with E-state index in [0.29, 0.717) is 42.2 Å². The molecule has 1 saturated heterocycles. The highest BCUT2D eigenvalue weighted by atomic mass is 16.5. The van der Waals surface area contributed by atoms with Crippen LogP contribution in [0.3, 0.4) is 0 Å². The Hall–Kier alpha value is -3.32. The molecule has 1 atom stereocenters. The molecule has 32 heavy (non-hydrogen) atoms. The van der Waals surface area contributed by atoms with Gasteiger partial charge in [-0.3, -0.25) is 9.59 Å². The molecule has 0 unspecified atom stereocenters. The molecular formula is C25H29NO6. The average Bonchev–Trinajstić information content (AvgIpc) is 3.06. The normalized spacial score (nSPS) is 17.8. The number of ether oxygens (including phenoxy) is 3. The zero-order valence-electron chi connectivity index (χ0n) is 18.8. The Kier molecular flexibility index (Phi) is 7.53. The topological polar surface area (TPSA) is 85.3 Å². The summed E-state index contributed by atoms with van der Waals surface area (Å²) in [4.78, 5) is 27.6. The van der Waals surface area contributed by atoms with Gasteiger partial charge in [-0.25, -0.2) is 0 Å². The van der Waals surface area contributed by atoms with Crippen LogP contribution in [0.5, 0.6) is 11.5 Å². The Bertz CT molecular complexity index is 999. The summed E-state index contributed by atoms with van der Waals surface area (Å²) in [7, 11) is 3.06. The molecule has 1 fully saturated rings. The van der Waals surface area contributed by atoms with E-state index in [1.165, 1.54) is 12.0 Å². The van der Waals surface area contributed by atoms with Crippen LogP contribution in [-0.2, 0) is 14.3 Å². The van der Waals surface area contributed by atoms with Crippen molar-refractivity contribution in [3.05, 3.63) is 65.2 Å². The van der Waals surface area contributed by atoms with E-state index < -0.39 is 17.7 Å². The number of aliphatic hydroxyl groups is 1. The lowest BCUT2D eigenvalue weighted by molar-refractivity contribution is -0.140. The average molecular weight is 440 g/mol. The number of methoxy groups -OCH3 is 2. The lowest BCUT2D eigenvalue weighted by Gasteiger charge is -2.27. The first-order valence-electron chi connectivity index (χ1n) is 10.6. The molecule has 0 bridgehead atoms. The van der Waals surface area contributed by atoms with Gasteiger partial charge in [0.15, 0.2) is 0 Å². The highest BCUT2D eigenvalue weighted by molar-refractivity contribution is 6.46. The minimum absolute atomic E-state index is 0.0365. The second-order valence-corrected chi connectivity index (χ2v) is 7.74. The van der Waals surface area contributed by atoms with Crippen LogP contribution in [0.15, 0.2) is 54.1 Å². The molecule has 0 radical (unpaired) electrons. The summed E-state index contributed by atoms with van der Waals surface area (Å²) >= 11 is 0. The van der Waals surface area contributed by atoms with E-state index in [1.54, 1.807) is 49.6 Å². The number of hydrogen-bond donors (Lipinski definition) is 1. The number of aliphatic hydroxyl groups excluding tert-OH is 1. The SMILES string of the molecule is COc1ccc([C@H]2C(=C(O)c3ccccc3)C(=O)C(=O)N2CCCOC(C)C)c(OC)c1. The molecule has 1 amide bonds. The number of amides is 1. The molecule has 0 spiro atoms. The van der Waals surface area contributed by atoms with Crippen molar-refractivity contribution in [1.82, 2.24) is 4.90 Å². The predicted molar refractivity (Wildman–Crippen MR) is 121 cm³/mol. The van der Waals surface area contributed by atoms with E-state index in [9.17, 15) is 14.7 Å². The van der Waals surface area contributed by atoms with Gasteiger partial charge < -0.3 is 24.2 Å². The van der Waals surface area contributed by atoms with Crippen LogP contribution >= 0.6 is 0 Å².